The highest BCUT2D eigenvalue weighted by atomic mass is 14.2. The maximum Gasteiger partial charge on any atom is 0.0918 e. The van der Waals surface area contributed by atoms with E-state index in [9.17, 15) is 0 Å². The largest absolute Gasteiger partial charge is 0.193 e. The van der Waals surface area contributed by atoms with Crippen LogP contribution in [-0.2, 0) is 0 Å². The molecule has 1 aromatic rings. The van der Waals surface area contributed by atoms with Gasteiger partial charge in [0.15, 0.2) is 0 Å². The summed E-state index contributed by atoms with van der Waals surface area (Å²) in [5.41, 5.74) is 2.04. The zero-order valence-electron chi connectivity index (χ0n) is 9.14. The number of nitriles is 1. The van der Waals surface area contributed by atoms with Gasteiger partial charge < -0.3 is 0 Å². The highest BCUT2D eigenvalue weighted by Crippen LogP contribution is 2.15. The summed E-state index contributed by atoms with van der Waals surface area (Å²) in [4.78, 5) is 0. The van der Waals surface area contributed by atoms with Crippen LogP contribution in [0.5, 0.6) is 0 Å². The number of nitrogens with zero attached hydrogens (tertiary/aromatic N) is 1. The molecular weight excluding hydrogens is 182 g/mol. The van der Waals surface area contributed by atoms with Crippen LogP contribution in [-0.4, -0.2) is 0 Å². The fourth-order valence-corrected chi connectivity index (χ4v) is 1.22. The van der Waals surface area contributed by atoms with Crippen LogP contribution in [0.15, 0.2) is 48.6 Å². The summed E-state index contributed by atoms with van der Waals surface area (Å²) in [5.74, 6) is 0.496. The first-order valence-corrected chi connectivity index (χ1v) is 5.07. The fourth-order valence-electron chi connectivity index (χ4n) is 1.22. The summed E-state index contributed by atoms with van der Waals surface area (Å²) < 4.78 is 0. The summed E-state index contributed by atoms with van der Waals surface area (Å²) in [6, 6.07) is 12.0. The Kier molecular flexibility index (Phi) is 4.37. The molecule has 0 aliphatic heterocycles. The molecule has 0 fully saturated rings. The Morgan fingerprint density at radius 3 is 2.47 bits per heavy atom. The van der Waals surface area contributed by atoms with Crippen molar-refractivity contribution in [3.8, 4) is 6.07 Å². The highest BCUT2D eigenvalue weighted by Gasteiger charge is 1.96. The average molecular weight is 197 g/mol. The number of benzene rings is 1. The van der Waals surface area contributed by atoms with E-state index in [0.29, 0.717) is 5.92 Å². The van der Waals surface area contributed by atoms with Crippen molar-refractivity contribution in [2.75, 3.05) is 0 Å². The van der Waals surface area contributed by atoms with Gasteiger partial charge in [-0.05, 0) is 17.1 Å². The van der Waals surface area contributed by atoms with Gasteiger partial charge in [-0.2, -0.15) is 5.26 Å². The van der Waals surface area contributed by atoms with Crippen LogP contribution in [0.1, 0.15) is 19.4 Å². The zero-order chi connectivity index (χ0) is 11.1. The van der Waals surface area contributed by atoms with E-state index in [1.165, 1.54) is 0 Å². The van der Waals surface area contributed by atoms with Crippen molar-refractivity contribution in [1.82, 2.24) is 0 Å². The van der Waals surface area contributed by atoms with E-state index >= 15 is 0 Å². The standard InChI is InChI=1S/C14H15N/c1-12(2)8-9-14(10-11-15)13-6-4-3-5-7-13/h3-10,12H,1-2H3/b9-8+,14-10-. The van der Waals surface area contributed by atoms with Crippen molar-refractivity contribution in [2.45, 2.75) is 13.8 Å². The van der Waals surface area contributed by atoms with Crippen LogP contribution in [0.4, 0.5) is 0 Å². The number of hydrogen-bond acceptors (Lipinski definition) is 1. The van der Waals surface area contributed by atoms with Crippen LogP contribution in [0.2, 0.25) is 0 Å². The second-order valence-corrected chi connectivity index (χ2v) is 3.70. The lowest BCUT2D eigenvalue weighted by molar-refractivity contribution is 0.832. The van der Waals surface area contributed by atoms with Gasteiger partial charge >= 0.3 is 0 Å². The maximum absolute atomic E-state index is 8.70. The molecule has 0 heterocycles. The second-order valence-electron chi connectivity index (χ2n) is 3.70. The van der Waals surface area contributed by atoms with Gasteiger partial charge in [0.25, 0.3) is 0 Å². The van der Waals surface area contributed by atoms with Gasteiger partial charge in [-0.3, -0.25) is 0 Å². The van der Waals surface area contributed by atoms with E-state index in [0.717, 1.165) is 11.1 Å². The van der Waals surface area contributed by atoms with Crippen LogP contribution < -0.4 is 0 Å². The average Bonchev–Trinajstić information content (AvgIpc) is 2.25. The topological polar surface area (TPSA) is 23.8 Å². The third-order valence-corrected chi connectivity index (χ3v) is 1.99. The second kappa shape index (κ2) is 5.82. The third-order valence-electron chi connectivity index (χ3n) is 1.99. The van der Waals surface area contributed by atoms with Gasteiger partial charge in [0, 0.05) is 6.08 Å². The molecule has 1 aromatic carbocycles. The quantitative estimate of drug-likeness (QED) is 0.534. The SMILES string of the molecule is CC(C)/C=C/C(=C/C#N)c1ccccc1. The minimum absolute atomic E-state index is 0.496. The van der Waals surface area contributed by atoms with E-state index < -0.39 is 0 Å². The maximum atomic E-state index is 8.70. The Balaban J connectivity index is 2.96. The molecule has 0 bridgehead atoms. The fraction of sp³-hybridized carbons (Fsp3) is 0.214. The first kappa shape index (κ1) is 11.3. The molecule has 0 amide bonds. The third kappa shape index (κ3) is 3.83. The minimum Gasteiger partial charge on any atom is -0.193 e. The van der Waals surface area contributed by atoms with E-state index in [4.69, 9.17) is 5.26 Å². The molecule has 0 radical (unpaired) electrons. The van der Waals surface area contributed by atoms with Crippen molar-refractivity contribution in [3.05, 3.63) is 54.1 Å². The predicted octanol–water partition coefficient (Wildman–Crippen LogP) is 3.81. The van der Waals surface area contributed by atoms with Gasteiger partial charge in [0.2, 0.25) is 0 Å². The van der Waals surface area contributed by atoms with Crippen molar-refractivity contribution in [1.29, 1.82) is 5.26 Å². The normalized spacial score (nSPS) is 12.0. The molecule has 0 saturated heterocycles. The summed E-state index contributed by atoms with van der Waals surface area (Å²) >= 11 is 0. The highest BCUT2D eigenvalue weighted by molar-refractivity contribution is 5.75. The smallest absolute Gasteiger partial charge is 0.0918 e. The predicted molar refractivity (Wildman–Crippen MR) is 64.0 cm³/mol. The van der Waals surface area contributed by atoms with E-state index in [2.05, 4.69) is 26.0 Å². The zero-order valence-corrected chi connectivity index (χ0v) is 9.14. The summed E-state index contributed by atoms with van der Waals surface area (Å²) in [7, 11) is 0. The van der Waals surface area contributed by atoms with Crippen LogP contribution in [0.25, 0.3) is 5.57 Å². The molecule has 0 saturated carbocycles. The molecule has 0 atom stereocenters. The number of hydrogen-bond donors (Lipinski definition) is 0. The lowest BCUT2D eigenvalue weighted by Gasteiger charge is -2.01. The molecule has 1 heteroatoms. The summed E-state index contributed by atoms with van der Waals surface area (Å²) in [6.07, 6.45) is 5.67. The van der Waals surface area contributed by atoms with Crippen molar-refractivity contribution < 1.29 is 0 Å². The molecule has 1 nitrogen and oxygen atoms in total. The lowest BCUT2D eigenvalue weighted by atomic mass is 10.0. The van der Waals surface area contributed by atoms with Gasteiger partial charge in [-0.15, -0.1) is 0 Å². The Hall–Kier alpha value is -1.81. The van der Waals surface area contributed by atoms with Crippen molar-refractivity contribution in [3.63, 3.8) is 0 Å². The van der Waals surface area contributed by atoms with Crippen LogP contribution in [0, 0.1) is 17.2 Å². The Bertz CT molecular complexity index is 391. The van der Waals surface area contributed by atoms with Crippen molar-refractivity contribution >= 4 is 5.57 Å². The number of rotatable bonds is 3. The summed E-state index contributed by atoms with van der Waals surface area (Å²) in [6.45, 7) is 4.23. The monoisotopic (exact) mass is 197 g/mol. The Labute approximate surface area is 91.4 Å². The van der Waals surface area contributed by atoms with Gasteiger partial charge in [0.1, 0.15) is 0 Å². The van der Waals surface area contributed by atoms with Gasteiger partial charge in [-0.25, -0.2) is 0 Å². The van der Waals surface area contributed by atoms with E-state index in [-0.39, 0.29) is 0 Å². The van der Waals surface area contributed by atoms with Crippen LogP contribution >= 0.6 is 0 Å². The first-order chi connectivity index (χ1) is 7.24. The van der Waals surface area contributed by atoms with Crippen LogP contribution in [0.3, 0.4) is 0 Å². The summed E-state index contributed by atoms with van der Waals surface area (Å²) in [5, 5.41) is 8.70. The molecule has 0 aliphatic carbocycles. The lowest BCUT2D eigenvalue weighted by Crippen LogP contribution is -1.82. The molecule has 0 spiro atoms. The molecular formula is C14H15N. The van der Waals surface area contributed by atoms with Gasteiger partial charge in [0.05, 0.1) is 6.07 Å². The minimum atomic E-state index is 0.496. The molecule has 0 unspecified atom stereocenters. The van der Waals surface area contributed by atoms with Gasteiger partial charge in [-0.1, -0.05) is 56.3 Å². The molecule has 0 N–H and O–H groups in total. The molecule has 0 aromatic heterocycles. The Morgan fingerprint density at radius 1 is 1.27 bits per heavy atom. The Morgan fingerprint density at radius 2 is 1.93 bits per heavy atom. The molecule has 0 aliphatic rings. The molecule has 76 valence electrons. The first-order valence-electron chi connectivity index (χ1n) is 5.07. The van der Waals surface area contributed by atoms with E-state index in [1.807, 2.05) is 36.4 Å². The van der Waals surface area contributed by atoms with E-state index in [1.54, 1.807) is 6.08 Å². The number of allylic oxidation sites excluding steroid dienone is 4. The van der Waals surface area contributed by atoms with Crippen molar-refractivity contribution in [2.24, 2.45) is 5.92 Å². The molecule has 15 heavy (non-hydrogen) atoms. The molecule has 1 rings (SSSR count).